The predicted octanol–water partition coefficient (Wildman–Crippen LogP) is 5.69. The Balaban J connectivity index is 1.38. The maximum absolute atomic E-state index is 13.0. The first kappa shape index (κ1) is 17.6. The van der Waals surface area contributed by atoms with Gasteiger partial charge in [0.2, 0.25) is 0 Å². The molecule has 0 unspecified atom stereocenters. The van der Waals surface area contributed by atoms with Crippen LogP contribution in [0.5, 0.6) is 5.75 Å². The second-order valence-corrected chi connectivity index (χ2v) is 8.46. The molecule has 0 spiro atoms. The summed E-state index contributed by atoms with van der Waals surface area (Å²) in [6, 6.07) is 9.78. The van der Waals surface area contributed by atoms with Crippen LogP contribution in [0, 0.1) is 5.92 Å². The third-order valence-corrected chi connectivity index (χ3v) is 6.63. The summed E-state index contributed by atoms with van der Waals surface area (Å²) >= 11 is 1.76. The second kappa shape index (κ2) is 8.26. The zero-order chi connectivity index (χ0) is 17.8. The fraction of sp³-hybridized carbons (Fsp3) is 0.500. The van der Waals surface area contributed by atoms with E-state index in [9.17, 15) is 4.79 Å². The third kappa shape index (κ3) is 3.96. The van der Waals surface area contributed by atoms with Crippen molar-refractivity contribution < 1.29 is 9.53 Å². The number of amides is 1. The molecule has 1 fully saturated rings. The van der Waals surface area contributed by atoms with Crippen molar-refractivity contribution in [2.75, 3.05) is 18.1 Å². The number of carbonyl (C=O) groups is 1. The first-order valence-electron chi connectivity index (χ1n) is 9.92. The summed E-state index contributed by atoms with van der Waals surface area (Å²) in [4.78, 5) is 16.3. The number of fused-ring (bicyclic) bond motifs is 1. The number of aryl methyl sites for hydroxylation is 1. The average molecular weight is 370 g/mol. The molecule has 0 radical (unpaired) electrons. The summed E-state index contributed by atoms with van der Waals surface area (Å²) in [7, 11) is 0. The summed E-state index contributed by atoms with van der Waals surface area (Å²) in [6.07, 6.45) is 9.93. The Labute approximate surface area is 160 Å². The van der Waals surface area contributed by atoms with Crippen molar-refractivity contribution in [2.24, 2.45) is 5.92 Å². The minimum absolute atomic E-state index is 0.101. The fourth-order valence-corrected chi connectivity index (χ4v) is 5.06. The zero-order valence-electron chi connectivity index (χ0n) is 15.3. The normalized spacial score (nSPS) is 17.8. The van der Waals surface area contributed by atoms with Crippen molar-refractivity contribution in [1.29, 1.82) is 0 Å². The van der Waals surface area contributed by atoms with Crippen molar-refractivity contribution in [3.05, 3.63) is 46.2 Å². The highest BCUT2D eigenvalue weighted by Gasteiger charge is 2.23. The summed E-state index contributed by atoms with van der Waals surface area (Å²) in [6.45, 7) is 1.59. The Morgan fingerprint density at radius 2 is 1.88 bits per heavy atom. The van der Waals surface area contributed by atoms with E-state index < -0.39 is 0 Å². The third-order valence-electron chi connectivity index (χ3n) is 5.66. The van der Waals surface area contributed by atoms with E-state index in [1.54, 1.807) is 11.3 Å². The average Bonchev–Trinajstić information content (AvgIpc) is 3.31. The van der Waals surface area contributed by atoms with Gasteiger partial charge in [0, 0.05) is 17.0 Å². The monoisotopic (exact) mass is 369 g/mol. The van der Waals surface area contributed by atoms with E-state index in [2.05, 4.69) is 11.4 Å². The van der Waals surface area contributed by atoms with Crippen molar-refractivity contribution in [2.45, 2.75) is 51.4 Å². The van der Waals surface area contributed by atoms with Gasteiger partial charge >= 0.3 is 0 Å². The molecule has 2 heterocycles. The van der Waals surface area contributed by atoms with E-state index in [1.807, 2.05) is 29.2 Å². The molecule has 4 heteroatoms. The van der Waals surface area contributed by atoms with Crippen molar-refractivity contribution in [3.63, 3.8) is 0 Å². The maximum Gasteiger partial charge on any atom is 0.258 e. The number of nitrogens with zero attached hydrogens (tertiary/aromatic N) is 1. The fourth-order valence-electron chi connectivity index (χ4n) is 4.14. The lowest BCUT2D eigenvalue weighted by molar-refractivity contribution is 0.0987. The summed E-state index contributed by atoms with van der Waals surface area (Å²) in [5, 5.41) is 2.09. The number of ether oxygens (including phenoxy) is 1. The molecule has 0 atom stereocenters. The lowest BCUT2D eigenvalue weighted by atomic mass is 10.1. The molecule has 1 saturated carbocycles. The number of hydrogen-bond acceptors (Lipinski definition) is 3. The number of benzene rings is 1. The Morgan fingerprint density at radius 3 is 2.69 bits per heavy atom. The molecule has 1 aromatic carbocycles. The van der Waals surface area contributed by atoms with Crippen LogP contribution in [0.3, 0.4) is 0 Å². The lowest BCUT2D eigenvalue weighted by Gasteiger charge is -2.21. The van der Waals surface area contributed by atoms with E-state index in [4.69, 9.17) is 4.74 Å². The smallest absolute Gasteiger partial charge is 0.258 e. The molecule has 4 rings (SSSR count). The van der Waals surface area contributed by atoms with Gasteiger partial charge in [-0.05, 0) is 67.3 Å². The SMILES string of the molecule is O=C(c1ccc(OCCC2CCCC2)cc1)N1CCCCc2sccc21. The highest BCUT2D eigenvalue weighted by atomic mass is 32.1. The Hall–Kier alpha value is -1.81. The van der Waals surface area contributed by atoms with Crippen LogP contribution in [0.2, 0.25) is 0 Å². The van der Waals surface area contributed by atoms with Gasteiger partial charge in [-0.25, -0.2) is 0 Å². The number of thiophene rings is 1. The summed E-state index contributed by atoms with van der Waals surface area (Å²) in [5.41, 5.74) is 1.85. The van der Waals surface area contributed by atoms with Gasteiger partial charge in [0.15, 0.2) is 0 Å². The largest absolute Gasteiger partial charge is 0.494 e. The molecule has 3 nitrogen and oxygen atoms in total. The summed E-state index contributed by atoms with van der Waals surface area (Å²) in [5.74, 6) is 1.81. The van der Waals surface area contributed by atoms with E-state index in [1.165, 1.54) is 30.6 Å². The molecule has 2 aromatic rings. The first-order valence-corrected chi connectivity index (χ1v) is 10.8. The van der Waals surface area contributed by atoms with Crippen LogP contribution in [0.25, 0.3) is 0 Å². The van der Waals surface area contributed by atoms with E-state index >= 15 is 0 Å². The van der Waals surface area contributed by atoms with Gasteiger partial charge in [-0.1, -0.05) is 25.7 Å². The molecule has 26 heavy (non-hydrogen) atoms. The highest BCUT2D eigenvalue weighted by Crippen LogP contribution is 2.32. The Bertz CT molecular complexity index is 731. The molecular weight excluding hydrogens is 342 g/mol. The minimum Gasteiger partial charge on any atom is -0.494 e. The standard InChI is InChI=1S/C22H27NO2S/c24-22(23-14-4-3-7-21-20(23)13-16-26-21)18-8-10-19(11-9-18)25-15-12-17-5-1-2-6-17/h8-11,13,16-17H,1-7,12,14-15H2. The maximum atomic E-state index is 13.0. The highest BCUT2D eigenvalue weighted by molar-refractivity contribution is 7.10. The van der Waals surface area contributed by atoms with Crippen LogP contribution in [-0.2, 0) is 6.42 Å². The molecule has 0 saturated heterocycles. The van der Waals surface area contributed by atoms with Crippen molar-refractivity contribution in [3.8, 4) is 5.75 Å². The molecule has 1 aliphatic carbocycles. The quantitative estimate of drug-likeness (QED) is 0.677. The Morgan fingerprint density at radius 1 is 1.08 bits per heavy atom. The van der Waals surface area contributed by atoms with Gasteiger partial charge in [-0.2, -0.15) is 0 Å². The first-order chi connectivity index (χ1) is 12.8. The van der Waals surface area contributed by atoms with E-state index in [0.717, 1.165) is 61.8 Å². The summed E-state index contributed by atoms with van der Waals surface area (Å²) < 4.78 is 5.89. The molecule has 0 N–H and O–H groups in total. The number of rotatable bonds is 5. The van der Waals surface area contributed by atoms with E-state index in [-0.39, 0.29) is 5.91 Å². The van der Waals surface area contributed by atoms with E-state index in [0.29, 0.717) is 0 Å². The minimum atomic E-state index is 0.101. The van der Waals surface area contributed by atoms with Crippen LogP contribution in [-0.4, -0.2) is 19.1 Å². The number of carbonyl (C=O) groups excluding carboxylic acids is 1. The van der Waals surface area contributed by atoms with Crippen LogP contribution in [0.4, 0.5) is 5.69 Å². The van der Waals surface area contributed by atoms with Gasteiger partial charge in [0.1, 0.15) is 5.75 Å². The second-order valence-electron chi connectivity index (χ2n) is 7.45. The number of hydrogen-bond donors (Lipinski definition) is 0. The van der Waals surface area contributed by atoms with Crippen LogP contribution >= 0.6 is 11.3 Å². The van der Waals surface area contributed by atoms with Crippen molar-refractivity contribution in [1.82, 2.24) is 0 Å². The van der Waals surface area contributed by atoms with Gasteiger partial charge in [0.25, 0.3) is 5.91 Å². The molecule has 1 amide bonds. The molecule has 138 valence electrons. The van der Waals surface area contributed by atoms with Gasteiger partial charge in [0.05, 0.1) is 12.3 Å². The molecule has 1 aliphatic heterocycles. The molecule has 1 aromatic heterocycles. The Kier molecular flexibility index (Phi) is 5.59. The molecular formula is C22H27NO2S. The number of anilines is 1. The zero-order valence-corrected chi connectivity index (χ0v) is 16.1. The lowest BCUT2D eigenvalue weighted by Crippen LogP contribution is -2.31. The topological polar surface area (TPSA) is 29.5 Å². The van der Waals surface area contributed by atoms with Crippen LogP contribution < -0.4 is 9.64 Å². The van der Waals surface area contributed by atoms with Crippen molar-refractivity contribution >= 4 is 22.9 Å². The predicted molar refractivity (Wildman–Crippen MR) is 107 cm³/mol. The van der Waals surface area contributed by atoms with Gasteiger partial charge < -0.3 is 9.64 Å². The van der Waals surface area contributed by atoms with Gasteiger partial charge in [-0.15, -0.1) is 11.3 Å². The van der Waals surface area contributed by atoms with Gasteiger partial charge in [-0.3, -0.25) is 4.79 Å². The molecule has 0 bridgehead atoms. The van der Waals surface area contributed by atoms with Crippen LogP contribution in [0.1, 0.15) is 60.2 Å². The molecule has 2 aliphatic rings. The van der Waals surface area contributed by atoms with Crippen LogP contribution in [0.15, 0.2) is 35.7 Å².